The number of hydrogen-bond donors (Lipinski definition) is 3. The van der Waals surface area contributed by atoms with Crippen LogP contribution < -0.4 is 9.47 Å². The van der Waals surface area contributed by atoms with Gasteiger partial charge >= 0.3 is 5.97 Å². The zero-order valence-electron chi connectivity index (χ0n) is 17.8. The van der Waals surface area contributed by atoms with Crippen LogP contribution in [-0.4, -0.2) is 72.1 Å². The quantitative estimate of drug-likeness (QED) is 0.506. The molecule has 0 radical (unpaired) electrons. The fourth-order valence-electron chi connectivity index (χ4n) is 3.41. The number of carbonyl (C=O) groups excluding carboxylic acids is 1. The first-order chi connectivity index (χ1) is 15.3. The van der Waals surface area contributed by atoms with Crippen LogP contribution in [0, 0.1) is 0 Å². The first-order valence-electron chi connectivity index (χ1n) is 10.2. The van der Waals surface area contributed by atoms with Crippen molar-refractivity contribution in [3.8, 4) is 11.5 Å². The number of esters is 1. The van der Waals surface area contributed by atoms with Crippen molar-refractivity contribution in [2.45, 2.75) is 43.9 Å². The number of benzene rings is 2. The molecule has 3 N–H and O–H groups in total. The zero-order valence-corrected chi connectivity index (χ0v) is 18.6. The minimum Gasteiger partial charge on any atom is -0.493 e. The third-order valence-corrected chi connectivity index (χ3v) is 5.56. The van der Waals surface area contributed by atoms with Crippen LogP contribution in [0.5, 0.6) is 11.5 Å². The SMILES string of the molecule is COc1cc(C(=O)OC[C@H]2OC(C)[C@H](O)[C@@H](O)[C@@H]2O)cc(Cl)c1OCCc1ccccc1. The highest BCUT2D eigenvalue weighted by molar-refractivity contribution is 6.32. The summed E-state index contributed by atoms with van der Waals surface area (Å²) >= 11 is 6.33. The van der Waals surface area contributed by atoms with Crippen LogP contribution in [0.4, 0.5) is 0 Å². The van der Waals surface area contributed by atoms with Crippen molar-refractivity contribution in [2.75, 3.05) is 20.3 Å². The van der Waals surface area contributed by atoms with Gasteiger partial charge < -0.3 is 34.3 Å². The highest BCUT2D eigenvalue weighted by Gasteiger charge is 2.42. The Bertz CT molecular complexity index is 906. The van der Waals surface area contributed by atoms with Gasteiger partial charge in [-0.25, -0.2) is 4.79 Å². The van der Waals surface area contributed by atoms with Gasteiger partial charge in [0.15, 0.2) is 11.5 Å². The minimum absolute atomic E-state index is 0.126. The first-order valence-corrected chi connectivity index (χ1v) is 10.6. The molecule has 5 atom stereocenters. The third-order valence-electron chi connectivity index (χ3n) is 5.27. The van der Waals surface area contributed by atoms with Crippen molar-refractivity contribution < 1.29 is 39.1 Å². The zero-order chi connectivity index (χ0) is 23.3. The largest absolute Gasteiger partial charge is 0.493 e. The lowest BCUT2D eigenvalue weighted by molar-refractivity contribution is -0.224. The van der Waals surface area contributed by atoms with Crippen LogP contribution in [0.1, 0.15) is 22.8 Å². The number of aliphatic hydroxyl groups excluding tert-OH is 3. The lowest BCUT2D eigenvalue weighted by atomic mass is 9.96. The van der Waals surface area contributed by atoms with E-state index in [1.807, 2.05) is 30.3 Å². The maximum atomic E-state index is 12.5. The predicted molar refractivity (Wildman–Crippen MR) is 116 cm³/mol. The topological polar surface area (TPSA) is 115 Å². The smallest absolute Gasteiger partial charge is 0.338 e. The molecule has 1 saturated heterocycles. The lowest BCUT2D eigenvalue weighted by Gasteiger charge is -2.38. The van der Waals surface area contributed by atoms with Crippen LogP contribution in [0.25, 0.3) is 0 Å². The molecule has 9 heteroatoms. The van der Waals surface area contributed by atoms with E-state index in [0.717, 1.165) is 5.56 Å². The molecule has 0 bridgehead atoms. The van der Waals surface area contributed by atoms with Crippen molar-refractivity contribution >= 4 is 17.6 Å². The summed E-state index contributed by atoms with van der Waals surface area (Å²) in [4.78, 5) is 12.5. The van der Waals surface area contributed by atoms with E-state index in [9.17, 15) is 20.1 Å². The van der Waals surface area contributed by atoms with E-state index in [4.69, 9.17) is 30.5 Å². The van der Waals surface area contributed by atoms with Gasteiger partial charge in [0.1, 0.15) is 31.0 Å². The number of methoxy groups -OCH3 is 1. The molecule has 2 aromatic rings. The van der Waals surface area contributed by atoms with Gasteiger partial charge in [-0.3, -0.25) is 0 Å². The summed E-state index contributed by atoms with van der Waals surface area (Å²) in [7, 11) is 1.44. The van der Waals surface area contributed by atoms with Gasteiger partial charge in [0.25, 0.3) is 0 Å². The molecule has 0 aromatic heterocycles. The van der Waals surface area contributed by atoms with E-state index in [1.165, 1.54) is 19.2 Å². The average Bonchev–Trinajstić information content (AvgIpc) is 2.80. The Labute approximate surface area is 191 Å². The summed E-state index contributed by atoms with van der Waals surface area (Å²) in [5, 5.41) is 29.9. The second-order valence-corrected chi connectivity index (χ2v) is 7.93. The van der Waals surface area contributed by atoms with Crippen molar-refractivity contribution in [1.29, 1.82) is 0 Å². The Hall–Kier alpha value is -2.36. The number of ether oxygens (including phenoxy) is 4. The van der Waals surface area contributed by atoms with Crippen LogP contribution in [0.2, 0.25) is 5.02 Å². The fraction of sp³-hybridized carbons (Fsp3) is 0.435. The molecule has 0 amide bonds. The summed E-state index contributed by atoms with van der Waals surface area (Å²) in [5.41, 5.74) is 1.24. The van der Waals surface area contributed by atoms with Gasteiger partial charge in [0.05, 0.1) is 30.4 Å². The number of aliphatic hydroxyl groups is 3. The molecule has 8 nitrogen and oxygen atoms in total. The van der Waals surface area contributed by atoms with Gasteiger partial charge in [-0.1, -0.05) is 41.9 Å². The lowest BCUT2D eigenvalue weighted by Crippen LogP contribution is -2.57. The first kappa shape index (κ1) is 24.3. The second kappa shape index (κ2) is 11.0. The maximum absolute atomic E-state index is 12.5. The molecule has 0 saturated carbocycles. The van der Waals surface area contributed by atoms with Crippen molar-refractivity contribution in [1.82, 2.24) is 0 Å². The number of rotatable bonds is 8. The average molecular weight is 467 g/mol. The molecule has 0 aliphatic carbocycles. The van der Waals surface area contributed by atoms with E-state index in [2.05, 4.69) is 0 Å². The molecule has 0 spiro atoms. The second-order valence-electron chi connectivity index (χ2n) is 7.52. The Morgan fingerprint density at radius 2 is 1.81 bits per heavy atom. The number of hydrogen-bond acceptors (Lipinski definition) is 8. The standard InChI is InChI=1S/C23H27ClO8/c1-13-19(25)21(27)20(26)18(32-13)12-31-23(28)15-10-16(24)22(17(11-15)29-2)30-9-8-14-6-4-3-5-7-14/h3-7,10-11,13,18-21,25-27H,8-9,12H2,1-2H3/t13?,18-,19+,20-,21-/m1/s1. The van der Waals surface area contributed by atoms with E-state index in [1.54, 1.807) is 6.92 Å². The summed E-state index contributed by atoms with van der Waals surface area (Å²) < 4.78 is 21.8. The molecule has 1 fully saturated rings. The Morgan fingerprint density at radius 3 is 2.50 bits per heavy atom. The van der Waals surface area contributed by atoms with Gasteiger partial charge in [-0.15, -0.1) is 0 Å². The number of carbonyl (C=O) groups is 1. The van der Waals surface area contributed by atoms with Crippen molar-refractivity contribution in [3.63, 3.8) is 0 Å². The molecule has 1 heterocycles. The molecular formula is C23H27ClO8. The van der Waals surface area contributed by atoms with Crippen molar-refractivity contribution in [2.24, 2.45) is 0 Å². The molecule has 32 heavy (non-hydrogen) atoms. The molecule has 1 aliphatic rings. The molecule has 174 valence electrons. The highest BCUT2D eigenvalue weighted by atomic mass is 35.5. The van der Waals surface area contributed by atoms with Gasteiger partial charge in [-0.05, 0) is 24.6 Å². The van der Waals surface area contributed by atoms with E-state index >= 15 is 0 Å². The highest BCUT2D eigenvalue weighted by Crippen LogP contribution is 2.37. The van der Waals surface area contributed by atoms with Gasteiger partial charge in [-0.2, -0.15) is 0 Å². The summed E-state index contributed by atoms with van der Waals surface area (Å²) in [6.45, 7) is 1.60. The van der Waals surface area contributed by atoms with Crippen LogP contribution >= 0.6 is 11.6 Å². The molecular weight excluding hydrogens is 440 g/mol. The Morgan fingerprint density at radius 1 is 1.09 bits per heavy atom. The van der Waals surface area contributed by atoms with Crippen molar-refractivity contribution in [3.05, 3.63) is 58.6 Å². The third kappa shape index (κ3) is 5.70. The van der Waals surface area contributed by atoms with Crippen LogP contribution in [0.3, 0.4) is 0 Å². The molecule has 1 unspecified atom stereocenters. The van der Waals surface area contributed by atoms with E-state index in [-0.39, 0.29) is 22.9 Å². The summed E-state index contributed by atoms with van der Waals surface area (Å²) in [5.74, 6) is -0.123. The van der Waals surface area contributed by atoms with Gasteiger partial charge in [0.2, 0.25) is 0 Å². The van der Waals surface area contributed by atoms with Gasteiger partial charge in [0, 0.05) is 6.42 Å². The Kier molecular flexibility index (Phi) is 8.33. The monoisotopic (exact) mass is 466 g/mol. The van der Waals surface area contributed by atoms with Crippen LogP contribution in [-0.2, 0) is 15.9 Å². The summed E-state index contributed by atoms with van der Waals surface area (Å²) in [6.07, 6.45) is -5.05. The maximum Gasteiger partial charge on any atom is 0.338 e. The van der Waals surface area contributed by atoms with E-state index in [0.29, 0.717) is 18.8 Å². The summed E-state index contributed by atoms with van der Waals surface area (Å²) in [6, 6.07) is 12.7. The number of halogens is 1. The fourth-order valence-corrected chi connectivity index (χ4v) is 3.67. The van der Waals surface area contributed by atoms with Crippen LogP contribution in [0.15, 0.2) is 42.5 Å². The Balaban J connectivity index is 1.62. The normalized spacial score (nSPS) is 25.2. The van der Waals surface area contributed by atoms with E-state index < -0.39 is 36.5 Å². The minimum atomic E-state index is -1.40. The molecule has 2 aromatic carbocycles. The predicted octanol–water partition coefficient (Wildman–Crippen LogP) is 2.00. The molecule has 3 rings (SSSR count). The molecule has 1 aliphatic heterocycles.